The molecule has 3 aromatic rings. The van der Waals surface area contributed by atoms with Crippen molar-refractivity contribution >= 4 is 22.6 Å². The number of imidazole rings is 1. The average Bonchev–Trinajstić information content (AvgIpc) is 2.86. The molecule has 3 rings (SSSR count). The Balaban J connectivity index is 2.22. The molecule has 2 unspecified atom stereocenters. The van der Waals surface area contributed by atoms with Gasteiger partial charge < -0.3 is 4.57 Å². The van der Waals surface area contributed by atoms with E-state index < -0.39 is 0 Å². The normalized spacial score (nSPS) is 14.3. The van der Waals surface area contributed by atoms with Crippen LogP contribution < -0.4 is 0 Å². The van der Waals surface area contributed by atoms with Gasteiger partial charge in [-0.15, -0.1) is 11.6 Å². The number of alkyl halides is 1. The highest BCUT2D eigenvalue weighted by atomic mass is 35.5. The number of aromatic nitrogens is 2. The van der Waals surface area contributed by atoms with Gasteiger partial charge in [0.25, 0.3) is 0 Å². The molecule has 0 amide bonds. The lowest BCUT2D eigenvalue weighted by Gasteiger charge is -2.19. The van der Waals surface area contributed by atoms with Crippen LogP contribution in [0.25, 0.3) is 11.0 Å². The summed E-state index contributed by atoms with van der Waals surface area (Å²) < 4.78 is 15.5. The van der Waals surface area contributed by atoms with Crippen molar-refractivity contribution in [1.82, 2.24) is 9.55 Å². The third kappa shape index (κ3) is 2.54. The van der Waals surface area contributed by atoms with Crippen LogP contribution in [-0.4, -0.2) is 9.55 Å². The monoisotopic (exact) mass is 302 g/mol. The summed E-state index contributed by atoms with van der Waals surface area (Å²) in [5.74, 6) is 0.474. The molecule has 2 aromatic carbocycles. The topological polar surface area (TPSA) is 17.8 Å². The summed E-state index contributed by atoms with van der Waals surface area (Å²) in [6, 6.07) is 14.9. The molecule has 108 valence electrons. The van der Waals surface area contributed by atoms with Gasteiger partial charge in [0.15, 0.2) is 0 Å². The maximum absolute atomic E-state index is 13.4. The number of benzene rings is 2. The van der Waals surface area contributed by atoms with Crippen molar-refractivity contribution in [3.8, 4) is 0 Å². The van der Waals surface area contributed by atoms with Crippen LogP contribution in [0.15, 0.2) is 48.5 Å². The molecule has 21 heavy (non-hydrogen) atoms. The highest BCUT2D eigenvalue weighted by Gasteiger charge is 2.20. The van der Waals surface area contributed by atoms with Crippen molar-refractivity contribution in [1.29, 1.82) is 0 Å². The number of rotatable bonds is 3. The summed E-state index contributed by atoms with van der Waals surface area (Å²) >= 11 is 6.27. The van der Waals surface area contributed by atoms with Crippen molar-refractivity contribution in [3.05, 3.63) is 65.7 Å². The van der Waals surface area contributed by atoms with Gasteiger partial charge in [0.2, 0.25) is 0 Å². The number of hydrogen-bond acceptors (Lipinski definition) is 1. The summed E-state index contributed by atoms with van der Waals surface area (Å²) in [5, 5.41) is -0.244. The van der Waals surface area contributed by atoms with Crippen LogP contribution in [-0.2, 0) is 0 Å². The SMILES string of the molecule is CC(Cl)c1nc2cc(F)ccc2n1C(C)c1ccccc1. The largest absolute Gasteiger partial charge is 0.319 e. The van der Waals surface area contributed by atoms with Crippen molar-refractivity contribution in [2.45, 2.75) is 25.3 Å². The number of fused-ring (bicyclic) bond motifs is 1. The van der Waals surface area contributed by atoms with E-state index in [4.69, 9.17) is 11.6 Å². The molecule has 0 aliphatic heterocycles. The van der Waals surface area contributed by atoms with Crippen LogP contribution >= 0.6 is 11.6 Å². The van der Waals surface area contributed by atoms with E-state index in [0.717, 1.165) is 11.3 Å². The Morgan fingerprint density at radius 3 is 2.48 bits per heavy atom. The van der Waals surface area contributed by atoms with Crippen molar-refractivity contribution < 1.29 is 4.39 Å². The van der Waals surface area contributed by atoms with E-state index in [1.165, 1.54) is 17.7 Å². The van der Waals surface area contributed by atoms with E-state index >= 15 is 0 Å². The molecule has 0 aliphatic rings. The average molecular weight is 303 g/mol. The van der Waals surface area contributed by atoms with Gasteiger partial charge in [0.05, 0.1) is 22.5 Å². The second-order valence-corrected chi connectivity index (χ2v) is 5.83. The molecule has 0 radical (unpaired) electrons. The standard InChI is InChI=1S/C17H16ClFN2/c1-11(18)17-20-15-10-14(19)8-9-16(15)21(17)12(2)13-6-4-3-5-7-13/h3-12H,1-2H3. The number of halogens is 2. The van der Waals surface area contributed by atoms with Gasteiger partial charge in [-0.25, -0.2) is 9.37 Å². The van der Waals surface area contributed by atoms with E-state index in [1.807, 2.05) is 25.1 Å². The summed E-state index contributed by atoms with van der Waals surface area (Å²) in [6.07, 6.45) is 0. The third-order valence-corrected chi connectivity index (χ3v) is 3.90. The second kappa shape index (κ2) is 5.49. The third-order valence-electron chi connectivity index (χ3n) is 3.70. The summed E-state index contributed by atoms with van der Waals surface area (Å²) in [6.45, 7) is 3.98. The summed E-state index contributed by atoms with van der Waals surface area (Å²) in [7, 11) is 0. The fourth-order valence-electron chi connectivity index (χ4n) is 2.66. The molecule has 2 atom stereocenters. The Kier molecular flexibility index (Phi) is 3.68. The molecule has 1 aromatic heterocycles. The van der Waals surface area contributed by atoms with E-state index in [1.54, 1.807) is 6.07 Å². The Labute approximate surface area is 128 Å². The van der Waals surface area contributed by atoms with Crippen LogP contribution in [0.3, 0.4) is 0 Å². The molecule has 0 aliphatic carbocycles. The van der Waals surface area contributed by atoms with Gasteiger partial charge in [0.1, 0.15) is 11.6 Å². The molecule has 0 saturated carbocycles. The molecule has 0 N–H and O–H groups in total. The maximum atomic E-state index is 13.4. The molecular formula is C17H16ClFN2. The van der Waals surface area contributed by atoms with Crippen LogP contribution in [0, 0.1) is 5.82 Å². The fraction of sp³-hybridized carbons (Fsp3) is 0.235. The first kappa shape index (κ1) is 14.1. The van der Waals surface area contributed by atoms with Crippen molar-refractivity contribution in [3.63, 3.8) is 0 Å². The molecule has 2 nitrogen and oxygen atoms in total. The fourth-order valence-corrected chi connectivity index (χ4v) is 2.81. The lowest BCUT2D eigenvalue weighted by atomic mass is 10.1. The zero-order valence-electron chi connectivity index (χ0n) is 11.9. The van der Waals surface area contributed by atoms with E-state index in [2.05, 4.69) is 28.6 Å². The minimum absolute atomic E-state index is 0.0814. The zero-order chi connectivity index (χ0) is 15.0. The predicted molar refractivity (Wildman–Crippen MR) is 84.2 cm³/mol. The molecule has 0 spiro atoms. The van der Waals surface area contributed by atoms with Crippen molar-refractivity contribution in [2.24, 2.45) is 0 Å². The van der Waals surface area contributed by atoms with E-state index in [0.29, 0.717) is 5.52 Å². The van der Waals surface area contributed by atoms with Crippen LogP contribution in [0.5, 0.6) is 0 Å². The molecule has 0 bridgehead atoms. The van der Waals surface area contributed by atoms with Gasteiger partial charge in [-0.1, -0.05) is 30.3 Å². The lowest BCUT2D eigenvalue weighted by Crippen LogP contribution is -2.11. The Bertz CT molecular complexity index is 765. The maximum Gasteiger partial charge on any atom is 0.128 e. The Morgan fingerprint density at radius 1 is 1.10 bits per heavy atom. The van der Waals surface area contributed by atoms with Gasteiger partial charge >= 0.3 is 0 Å². The lowest BCUT2D eigenvalue weighted by molar-refractivity contribution is 0.617. The summed E-state index contributed by atoms with van der Waals surface area (Å²) in [4.78, 5) is 4.51. The number of hydrogen-bond donors (Lipinski definition) is 0. The van der Waals surface area contributed by atoms with E-state index in [9.17, 15) is 4.39 Å². The minimum atomic E-state index is -0.284. The quantitative estimate of drug-likeness (QED) is 0.617. The zero-order valence-corrected chi connectivity index (χ0v) is 12.7. The smallest absolute Gasteiger partial charge is 0.128 e. The molecule has 1 heterocycles. The van der Waals surface area contributed by atoms with E-state index in [-0.39, 0.29) is 17.2 Å². The van der Waals surface area contributed by atoms with Gasteiger partial charge in [-0.3, -0.25) is 0 Å². The summed E-state index contributed by atoms with van der Waals surface area (Å²) in [5.41, 5.74) is 2.70. The number of nitrogens with zero attached hydrogens (tertiary/aromatic N) is 2. The molecule has 0 fully saturated rings. The molecule has 4 heteroatoms. The first-order valence-corrected chi connectivity index (χ1v) is 7.38. The second-order valence-electron chi connectivity index (χ2n) is 5.18. The predicted octanol–water partition coefficient (Wildman–Crippen LogP) is 5.08. The Hall–Kier alpha value is -1.87. The first-order chi connectivity index (χ1) is 10.1. The van der Waals surface area contributed by atoms with Crippen LogP contribution in [0.4, 0.5) is 4.39 Å². The van der Waals surface area contributed by atoms with Crippen LogP contribution in [0.1, 0.15) is 36.7 Å². The van der Waals surface area contributed by atoms with Crippen molar-refractivity contribution in [2.75, 3.05) is 0 Å². The van der Waals surface area contributed by atoms with Crippen LogP contribution in [0.2, 0.25) is 0 Å². The minimum Gasteiger partial charge on any atom is -0.319 e. The Morgan fingerprint density at radius 2 is 1.81 bits per heavy atom. The highest BCUT2D eigenvalue weighted by molar-refractivity contribution is 6.20. The van der Waals surface area contributed by atoms with Gasteiger partial charge in [0, 0.05) is 6.07 Å². The highest BCUT2D eigenvalue weighted by Crippen LogP contribution is 2.31. The molecular weight excluding hydrogens is 287 g/mol. The van der Waals surface area contributed by atoms with Gasteiger partial charge in [-0.2, -0.15) is 0 Å². The molecule has 0 saturated heterocycles. The first-order valence-electron chi connectivity index (χ1n) is 6.94. The van der Waals surface area contributed by atoms with Gasteiger partial charge in [-0.05, 0) is 31.5 Å².